The number of piperazine rings is 1. The van der Waals surface area contributed by atoms with Crippen molar-refractivity contribution in [1.29, 1.82) is 0 Å². The number of carbonyl (C=O) groups is 1. The van der Waals surface area contributed by atoms with E-state index in [-0.39, 0.29) is 17.8 Å². The Morgan fingerprint density at radius 2 is 1.73 bits per heavy atom. The summed E-state index contributed by atoms with van der Waals surface area (Å²) in [6.07, 6.45) is 1.67. The van der Waals surface area contributed by atoms with Gasteiger partial charge in [-0.3, -0.25) is 9.69 Å². The summed E-state index contributed by atoms with van der Waals surface area (Å²) in [5.74, 6) is 0.533. The first-order valence-corrected chi connectivity index (χ1v) is 10.2. The molecule has 30 heavy (non-hydrogen) atoms. The number of amides is 1. The Morgan fingerprint density at radius 3 is 2.37 bits per heavy atom. The maximum Gasteiger partial charge on any atom is 0.251 e. The van der Waals surface area contributed by atoms with Gasteiger partial charge in [-0.05, 0) is 55.5 Å². The van der Waals surface area contributed by atoms with Crippen LogP contribution in [0, 0.1) is 12.7 Å². The minimum Gasteiger partial charge on any atom is -0.468 e. The quantitative estimate of drug-likeness (QED) is 0.671. The van der Waals surface area contributed by atoms with Crippen molar-refractivity contribution in [2.75, 3.05) is 37.6 Å². The molecule has 4 rings (SSSR count). The molecule has 1 atom stereocenters. The van der Waals surface area contributed by atoms with E-state index in [0.717, 1.165) is 43.2 Å². The summed E-state index contributed by atoms with van der Waals surface area (Å²) in [7, 11) is 0. The van der Waals surface area contributed by atoms with Gasteiger partial charge in [0.1, 0.15) is 11.6 Å². The van der Waals surface area contributed by atoms with Crippen LogP contribution in [0.25, 0.3) is 0 Å². The summed E-state index contributed by atoms with van der Waals surface area (Å²) in [5.41, 5.74) is 2.80. The van der Waals surface area contributed by atoms with Gasteiger partial charge in [0.15, 0.2) is 0 Å². The van der Waals surface area contributed by atoms with Crippen LogP contribution in [0.3, 0.4) is 0 Å². The lowest BCUT2D eigenvalue weighted by atomic mass is 10.1. The highest BCUT2D eigenvalue weighted by Gasteiger charge is 2.27. The van der Waals surface area contributed by atoms with Gasteiger partial charge in [0.2, 0.25) is 0 Å². The third kappa shape index (κ3) is 4.71. The maximum atomic E-state index is 13.2. The van der Waals surface area contributed by atoms with Gasteiger partial charge >= 0.3 is 0 Å². The van der Waals surface area contributed by atoms with Crippen molar-refractivity contribution in [3.8, 4) is 0 Å². The molecule has 1 aliphatic rings. The highest BCUT2D eigenvalue weighted by molar-refractivity contribution is 5.94. The van der Waals surface area contributed by atoms with Gasteiger partial charge in [-0.25, -0.2) is 4.39 Å². The molecular weight excluding hydrogens is 381 g/mol. The fraction of sp³-hybridized carbons (Fsp3) is 0.292. The second-order valence-electron chi connectivity index (χ2n) is 7.61. The molecule has 5 nitrogen and oxygen atoms in total. The fourth-order valence-corrected chi connectivity index (χ4v) is 3.83. The number of benzene rings is 2. The third-order valence-corrected chi connectivity index (χ3v) is 5.59. The highest BCUT2D eigenvalue weighted by atomic mass is 19.1. The van der Waals surface area contributed by atoms with Crippen molar-refractivity contribution in [2.45, 2.75) is 13.0 Å². The SMILES string of the molecule is Cc1ccc(C(=O)NC[C@H](c2ccco2)N2CCN(c3ccc(F)cc3)CC2)cc1. The van der Waals surface area contributed by atoms with Crippen molar-refractivity contribution >= 4 is 11.6 Å². The summed E-state index contributed by atoms with van der Waals surface area (Å²) in [5, 5.41) is 3.06. The molecule has 2 heterocycles. The van der Waals surface area contributed by atoms with E-state index in [1.54, 1.807) is 6.26 Å². The van der Waals surface area contributed by atoms with Crippen LogP contribution >= 0.6 is 0 Å². The van der Waals surface area contributed by atoms with Crippen molar-refractivity contribution in [1.82, 2.24) is 10.2 Å². The second kappa shape index (κ2) is 9.13. The highest BCUT2D eigenvalue weighted by Crippen LogP contribution is 2.24. The number of aryl methyl sites for hydroxylation is 1. The molecule has 1 aliphatic heterocycles. The zero-order chi connectivity index (χ0) is 20.9. The third-order valence-electron chi connectivity index (χ3n) is 5.59. The lowest BCUT2D eigenvalue weighted by molar-refractivity contribution is 0.0923. The smallest absolute Gasteiger partial charge is 0.251 e. The van der Waals surface area contributed by atoms with Gasteiger partial charge in [0.25, 0.3) is 5.91 Å². The number of nitrogens with one attached hydrogen (secondary N) is 1. The number of furan rings is 1. The Kier molecular flexibility index (Phi) is 6.14. The molecule has 2 aromatic carbocycles. The summed E-state index contributed by atoms with van der Waals surface area (Å²) in [6, 6.07) is 18.0. The van der Waals surface area contributed by atoms with E-state index in [1.807, 2.05) is 55.5 Å². The standard InChI is InChI=1S/C24H26FN3O2/c1-18-4-6-19(7-5-18)24(29)26-17-22(23-3-2-16-30-23)28-14-12-27(13-15-28)21-10-8-20(25)9-11-21/h2-11,16,22H,12-15,17H2,1H3,(H,26,29)/t22-/m1/s1. The molecule has 0 bridgehead atoms. The summed E-state index contributed by atoms with van der Waals surface area (Å²) in [6.45, 7) is 5.77. The first-order valence-electron chi connectivity index (χ1n) is 10.2. The molecule has 6 heteroatoms. The van der Waals surface area contributed by atoms with Crippen LogP contribution in [-0.4, -0.2) is 43.5 Å². The molecule has 3 aromatic rings. The topological polar surface area (TPSA) is 48.7 Å². The molecule has 0 aliphatic carbocycles. The van der Waals surface area contributed by atoms with Crippen LogP contribution in [0.5, 0.6) is 0 Å². The normalized spacial score (nSPS) is 15.7. The first kappa shape index (κ1) is 20.2. The number of anilines is 1. The van der Waals surface area contributed by atoms with Crippen LogP contribution in [0.2, 0.25) is 0 Å². The van der Waals surface area contributed by atoms with E-state index in [9.17, 15) is 9.18 Å². The van der Waals surface area contributed by atoms with Crippen LogP contribution < -0.4 is 10.2 Å². The summed E-state index contributed by atoms with van der Waals surface area (Å²) < 4.78 is 18.9. The number of rotatable bonds is 6. The number of hydrogen-bond donors (Lipinski definition) is 1. The number of nitrogens with zero attached hydrogens (tertiary/aromatic N) is 2. The van der Waals surface area contributed by atoms with Gasteiger partial charge in [-0.2, -0.15) is 0 Å². The number of halogens is 1. The Bertz CT molecular complexity index is 947. The lowest BCUT2D eigenvalue weighted by Crippen LogP contribution is -2.49. The summed E-state index contributed by atoms with van der Waals surface area (Å²) in [4.78, 5) is 17.2. The first-order chi connectivity index (χ1) is 14.6. The van der Waals surface area contributed by atoms with Crippen LogP contribution in [0.15, 0.2) is 71.3 Å². The van der Waals surface area contributed by atoms with Crippen molar-refractivity contribution in [3.63, 3.8) is 0 Å². The molecule has 1 fully saturated rings. The average molecular weight is 407 g/mol. The van der Waals surface area contributed by atoms with Crippen LogP contribution in [0.1, 0.15) is 27.7 Å². The Hall–Kier alpha value is -3.12. The van der Waals surface area contributed by atoms with Crippen molar-refractivity contribution < 1.29 is 13.6 Å². The molecule has 1 N–H and O–H groups in total. The van der Waals surface area contributed by atoms with Gasteiger partial charge in [0.05, 0.1) is 12.3 Å². The molecule has 0 unspecified atom stereocenters. The molecule has 156 valence electrons. The second-order valence-corrected chi connectivity index (χ2v) is 7.61. The number of hydrogen-bond acceptors (Lipinski definition) is 4. The predicted molar refractivity (Wildman–Crippen MR) is 115 cm³/mol. The van der Waals surface area contributed by atoms with E-state index < -0.39 is 0 Å². The van der Waals surface area contributed by atoms with E-state index in [4.69, 9.17) is 4.42 Å². The van der Waals surface area contributed by atoms with Crippen molar-refractivity contribution in [2.24, 2.45) is 0 Å². The molecule has 0 radical (unpaired) electrons. The van der Waals surface area contributed by atoms with E-state index >= 15 is 0 Å². The largest absolute Gasteiger partial charge is 0.468 e. The zero-order valence-corrected chi connectivity index (χ0v) is 17.1. The van der Waals surface area contributed by atoms with E-state index in [1.165, 1.54) is 12.1 Å². The Labute approximate surface area is 176 Å². The van der Waals surface area contributed by atoms with Crippen molar-refractivity contribution in [3.05, 3.63) is 89.6 Å². The minimum absolute atomic E-state index is 0.0373. The van der Waals surface area contributed by atoms with Gasteiger partial charge < -0.3 is 14.6 Å². The van der Waals surface area contributed by atoms with Gasteiger partial charge in [-0.15, -0.1) is 0 Å². The molecule has 1 saturated heterocycles. The predicted octanol–water partition coefficient (Wildman–Crippen LogP) is 4.02. The summed E-state index contributed by atoms with van der Waals surface area (Å²) >= 11 is 0. The minimum atomic E-state index is -0.223. The van der Waals surface area contributed by atoms with Gasteiger partial charge in [0, 0.05) is 44.0 Å². The average Bonchev–Trinajstić information content (AvgIpc) is 3.30. The van der Waals surface area contributed by atoms with Gasteiger partial charge in [-0.1, -0.05) is 17.7 Å². The van der Waals surface area contributed by atoms with Crippen LogP contribution in [-0.2, 0) is 0 Å². The maximum absolute atomic E-state index is 13.2. The molecule has 1 amide bonds. The molecule has 0 spiro atoms. The van der Waals surface area contributed by atoms with E-state index in [0.29, 0.717) is 12.1 Å². The number of carbonyl (C=O) groups excluding carboxylic acids is 1. The molecular formula is C24H26FN3O2. The lowest BCUT2D eigenvalue weighted by Gasteiger charge is -2.39. The Balaban J connectivity index is 1.40. The molecule has 0 saturated carbocycles. The monoisotopic (exact) mass is 407 g/mol. The molecule has 1 aromatic heterocycles. The van der Waals surface area contributed by atoms with Crippen LogP contribution in [0.4, 0.5) is 10.1 Å². The fourth-order valence-electron chi connectivity index (χ4n) is 3.83. The van der Waals surface area contributed by atoms with E-state index in [2.05, 4.69) is 15.1 Å². The Morgan fingerprint density at radius 1 is 1.03 bits per heavy atom. The zero-order valence-electron chi connectivity index (χ0n) is 17.1.